The number of nitrogens with one attached hydrogen (secondary N) is 1. The molecule has 2 aromatic carbocycles. The third-order valence-electron chi connectivity index (χ3n) is 3.21. The van der Waals surface area contributed by atoms with Gasteiger partial charge in [-0.2, -0.15) is 0 Å². The number of aromatic nitrogens is 1. The fourth-order valence-electron chi connectivity index (χ4n) is 2.24. The molecule has 0 amide bonds. The van der Waals surface area contributed by atoms with Gasteiger partial charge in [0.1, 0.15) is 5.75 Å². The van der Waals surface area contributed by atoms with Crippen molar-refractivity contribution in [2.75, 3.05) is 12.4 Å². The Morgan fingerprint density at radius 1 is 1.00 bits per heavy atom. The molecule has 0 bridgehead atoms. The first-order valence-electron chi connectivity index (χ1n) is 6.54. The van der Waals surface area contributed by atoms with Crippen molar-refractivity contribution in [2.24, 2.45) is 0 Å². The Morgan fingerprint density at radius 2 is 1.71 bits per heavy atom. The number of pyridine rings is 1. The lowest BCUT2D eigenvalue weighted by molar-refractivity contribution is -0.00000442. The molecule has 0 radical (unpaired) electrons. The van der Waals surface area contributed by atoms with Crippen molar-refractivity contribution in [3.05, 3.63) is 60.3 Å². The number of anilines is 2. The minimum absolute atomic E-state index is 0. The second-order valence-electron chi connectivity index (χ2n) is 4.68. The zero-order valence-corrected chi connectivity index (χ0v) is 12.7. The van der Waals surface area contributed by atoms with E-state index in [1.165, 1.54) is 0 Å². The van der Waals surface area contributed by atoms with Crippen molar-refractivity contribution in [3.8, 4) is 5.75 Å². The van der Waals surface area contributed by atoms with Crippen molar-refractivity contribution < 1.29 is 17.1 Å². The van der Waals surface area contributed by atoms with Crippen LogP contribution in [0.15, 0.2) is 54.6 Å². The predicted octanol–water partition coefficient (Wildman–Crippen LogP) is 1.30. The summed E-state index contributed by atoms with van der Waals surface area (Å²) in [5.74, 6) is 0.853. The van der Waals surface area contributed by atoms with Crippen LogP contribution in [0.1, 0.15) is 5.69 Å². The van der Waals surface area contributed by atoms with Gasteiger partial charge in [0.2, 0.25) is 0 Å². The molecule has 1 heterocycles. The molecule has 21 heavy (non-hydrogen) atoms. The Kier molecular flexibility index (Phi) is 4.66. The largest absolute Gasteiger partial charge is 1.00 e. The highest BCUT2D eigenvalue weighted by molar-refractivity contribution is 5.93. The highest BCUT2D eigenvalue weighted by Gasteiger charge is 2.04. The summed E-state index contributed by atoms with van der Waals surface area (Å²) < 4.78 is 5.17. The van der Waals surface area contributed by atoms with E-state index in [0.29, 0.717) is 0 Å². The lowest BCUT2D eigenvalue weighted by atomic mass is 10.1. The Bertz CT molecular complexity index is 741. The Balaban J connectivity index is 0.00000161. The molecule has 0 unspecified atom stereocenters. The highest BCUT2D eigenvalue weighted by Crippen LogP contribution is 2.27. The van der Waals surface area contributed by atoms with Crippen LogP contribution >= 0.6 is 0 Å². The first-order valence-corrected chi connectivity index (χ1v) is 6.54. The van der Waals surface area contributed by atoms with Crippen LogP contribution in [0.3, 0.4) is 0 Å². The van der Waals surface area contributed by atoms with Gasteiger partial charge in [-0.25, -0.2) is 0 Å². The van der Waals surface area contributed by atoms with Crippen LogP contribution in [-0.2, 0) is 0 Å². The summed E-state index contributed by atoms with van der Waals surface area (Å²) in [6, 6.07) is 18.1. The zero-order valence-electron chi connectivity index (χ0n) is 11.9. The smallest absolute Gasteiger partial charge is 0.119 e. The normalized spacial score (nSPS) is 10.0. The van der Waals surface area contributed by atoms with Crippen molar-refractivity contribution >= 4 is 22.3 Å². The maximum absolute atomic E-state index is 5.17. The lowest BCUT2D eigenvalue weighted by Gasteiger charge is -2.11. The molecule has 108 valence electrons. The third-order valence-corrected chi connectivity index (χ3v) is 3.21. The fourth-order valence-corrected chi connectivity index (χ4v) is 2.24. The molecule has 0 saturated heterocycles. The van der Waals surface area contributed by atoms with Crippen molar-refractivity contribution in [1.82, 2.24) is 4.98 Å². The van der Waals surface area contributed by atoms with Crippen LogP contribution in [0.5, 0.6) is 5.75 Å². The summed E-state index contributed by atoms with van der Waals surface area (Å²) >= 11 is 0. The van der Waals surface area contributed by atoms with E-state index in [-0.39, 0.29) is 12.4 Å². The number of rotatable bonds is 3. The van der Waals surface area contributed by atoms with Gasteiger partial charge in [-0.15, -0.1) is 0 Å². The Labute approximate surface area is 130 Å². The number of halogens is 1. The first kappa shape index (κ1) is 15.1. The SMILES string of the molecule is COc1ccc(Nc2cc(C)nc3ccccc23)cc1.[Cl-]. The second kappa shape index (κ2) is 6.46. The van der Waals surface area contributed by atoms with E-state index in [9.17, 15) is 0 Å². The molecule has 0 spiro atoms. The Hall–Kier alpha value is -2.26. The molecular weight excluding hydrogens is 284 g/mol. The van der Waals surface area contributed by atoms with Crippen LogP contribution in [0.4, 0.5) is 11.4 Å². The summed E-state index contributed by atoms with van der Waals surface area (Å²) in [7, 11) is 1.67. The first-order chi connectivity index (χ1) is 9.76. The van der Waals surface area contributed by atoms with Crippen LogP contribution in [0.25, 0.3) is 10.9 Å². The summed E-state index contributed by atoms with van der Waals surface area (Å²) in [5.41, 5.74) is 4.10. The number of ether oxygens (including phenoxy) is 1. The van der Waals surface area contributed by atoms with Crippen LogP contribution in [0, 0.1) is 6.92 Å². The molecule has 3 nitrogen and oxygen atoms in total. The van der Waals surface area contributed by atoms with Crippen LogP contribution < -0.4 is 22.5 Å². The van der Waals surface area contributed by atoms with Gasteiger partial charge in [-0.3, -0.25) is 4.98 Å². The molecule has 0 aliphatic rings. The summed E-state index contributed by atoms with van der Waals surface area (Å²) in [4.78, 5) is 4.55. The summed E-state index contributed by atoms with van der Waals surface area (Å²) in [5, 5.41) is 4.56. The number of methoxy groups -OCH3 is 1. The van der Waals surface area contributed by atoms with Gasteiger partial charge in [-0.05, 0) is 43.3 Å². The predicted molar refractivity (Wildman–Crippen MR) is 82.8 cm³/mol. The molecule has 4 heteroatoms. The van der Waals surface area contributed by atoms with E-state index in [4.69, 9.17) is 4.74 Å². The number of para-hydroxylation sites is 1. The highest BCUT2D eigenvalue weighted by atomic mass is 35.5. The van der Waals surface area contributed by atoms with Gasteiger partial charge in [0.25, 0.3) is 0 Å². The van der Waals surface area contributed by atoms with Crippen molar-refractivity contribution in [3.63, 3.8) is 0 Å². The molecule has 0 saturated carbocycles. The minimum atomic E-state index is 0. The van der Waals surface area contributed by atoms with E-state index in [1.807, 2.05) is 49.4 Å². The number of hydrogen-bond donors (Lipinski definition) is 1. The van der Waals surface area contributed by atoms with E-state index < -0.39 is 0 Å². The zero-order chi connectivity index (χ0) is 13.9. The number of hydrogen-bond acceptors (Lipinski definition) is 3. The lowest BCUT2D eigenvalue weighted by Crippen LogP contribution is -3.00. The number of benzene rings is 2. The molecule has 1 aromatic heterocycles. The number of fused-ring (bicyclic) bond motifs is 1. The van der Waals surface area contributed by atoms with Crippen molar-refractivity contribution in [1.29, 1.82) is 0 Å². The average Bonchev–Trinajstić information content (AvgIpc) is 2.48. The average molecular weight is 300 g/mol. The second-order valence-corrected chi connectivity index (χ2v) is 4.68. The number of nitrogens with zero attached hydrogens (tertiary/aromatic N) is 1. The van der Waals surface area contributed by atoms with Crippen molar-refractivity contribution in [2.45, 2.75) is 6.92 Å². The Morgan fingerprint density at radius 3 is 2.43 bits per heavy atom. The van der Waals surface area contributed by atoms with Gasteiger partial charge < -0.3 is 22.5 Å². The maximum Gasteiger partial charge on any atom is 0.119 e. The molecule has 0 aliphatic carbocycles. The van der Waals surface area contributed by atoms with E-state index in [1.54, 1.807) is 7.11 Å². The van der Waals surface area contributed by atoms with E-state index in [0.717, 1.165) is 33.7 Å². The van der Waals surface area contributed by atoms with Gasteiger partial charge in [0.15, 0.2) is 0 Å². The van der Waals surface area contributed by atoms with E-state index in [2.05, 4.69) is 22.4 Å². The monoisotopic (exact) mass is 299 g/mol. The fraction of sp³-hybridized carbons (Fsp3) is 0.118. The quantitative estimate of drug-likeness (QED) is 0.791. The van der Waals surface area contributed by atoms with Crippen LogP contribution in [0.2, 0.25) is 0 Å². The molecule has 0 atom stereocenters. The molecule has 3 aromatic rings. The van der Waals surface area contributed by atoms with Gasteiger partial charge in [-0.1, -0.05) is 18.2 Å². The minimum Gasteiger partial charge on any atom is -1.00 e. The standard InChI is InChI=1S/C17H16N2O.ClH/c1-12-11-17(15-5-3-4-6-16(15)18-12)19-13-7-9-14(20-2)10-8-13;/h3-11H,1-2H3,(H,18,19);1H/p-1. The maximum atomic E-state index is 5.17. The summed E-state index contributed by atoms with van der Waals surface area (Å²) in [6.07, 6.45) is 0. The molecule has 3 rings (SSSR count). The molecule has 1 N–H and O–H groups in total. The third kappa shape index (κ3) is 3.26. The summed E-state index contributed by atoms with van der Waals surface area (Å²) in [6.45, 7) is 2.01. The molecular formula is C17H16ClN2O-. The van der Waals surface area contributed by atoms with E-state index >= 15 is 0 Å². The van der Waals surface area contributed by atoms with Gasteiger partial charge in [0.05, 0.1) is 12.6 Å². The number of aryl methyl sites for hydroxylation is 1. The molecule has 0 aliphatic heterocycles. The topological polar surface area (TPSA) is 34.1 Å². The van der Waals surface area contributed by atoms with Crippen LogP contribution in [-0.4, -0.2) is 12.1 Å². The van der Waals surface area contributed by atoms with Gasteiger partial charge >= 0.3 is 0 Å². The molecule has 0 fully saturated rings. The van der Waals surface area contributed by atoms with Gasteiger partial charge in [0, 0.05) is 22.5 Å².